The number of hydrogen-bond donors (Lipinski definition) is 1. The molecular formula is C16H15NO. The van der Waals surface area contributed by atoms with E-state index in [1.165, 1.54) is 5.56 Å². The lowest BCUT2D eigenvalue weighted by Crippen LogP contribution is -2.10. The molecule has 0 unspecified atom stereocenters. The van der Waals surface area contributed by atoms with E-state index in [-0.39, 0.29) is 5.78 Å². The van der Waals surface area contributed by atoms with Crippen LogP contribution in [0.15, 0.2) is 48.5 Å². The molecule has 0 radical (unpaired) electrons. The van der Waals surface area contributed by atoms with Gasteiger partial charge in [-0.1, -0.05) is 18.2 Å². The van der Waals surface area contributed by atoms with Crippen molar-refractivity contribution in [2.45, 2.75) is 19.3 Å². The molecule has 0 bridgehead atoms. The topological polar surface area (TPSA) is 29.1 Å². The number of hydrogen-bond acceptors (Lipinski definition) is 2. The molecule has 3 rings (SSSR count). The van der Waals surface area contributed by atoms with Gasteiger partial charge in [0.05, 0.1) is 0 Å². The van der Waals surface area contributed by atoms with Crippen molar-refractivity contribution >= 4 is 17.2 Å². The van der Waals surface area contributed by atoms with Gasteiger partial charge >= 0.3 is 0 Å². The van der Waals surface area contributed by atoms with E-state index in [9.17, 15) is 4.79 Å². The molecule has 0 spiro atoms. The third-order valence-corrected chi connectivity index (χ3v) is 3.32. The Labute approximate surface area is 107 Å². The van der Waals surface area contributed by atoms with Crippen LogP contribution >= 0.6 is 0 Å². The Kier molecular flexibility index (Phi) is 2.85. The Morgan fingerprint density at radius 2 is 1.72 bits per heavy atom. The summed E-state index contributed by atoms with van der Waals surface area (Å²) in [4.78, 5) is 11.7. The number of carbonyl (C=O) groups is 1. The van der Waals surface area contributed by atoms with E-state index >= 15 is 0 Å². The van der Waals surface area contributed by atoms with Crippen molar-refractivity contribution in [3.63, 3.8) is 0 Å². The average molecular weight is 237 g/mol. The summed E-state index contributed by atoms with van der Waals surface area (Å²) in [6.07, 6.45) is 2.67. The number of ketones is 1. The first-order valence-corrected chi connectivity index (χ1v) is 6.31. The number of rotatable bonds is 2. The molecule has 2 heteroatoms. The molecular weight excluding hydrogens is 222 g/mol. The number of carbonyl (C=O) groups excluding carboxylic acids is 1. The predicted molar refractivity (Wildman–Crippen MR) is 73.4 cm³/mol. The summed E-state index contributed by atoms with van der Waals surface area (Å²) in [6.45, 7) is 0. The minimum Gasteiger partial charge on any atom is -0.356 e. The van der Waals surface area contributed by atoms with Gasteiger partial charge < -0.3 is 5.32 Å². The average Bonchev–Trinajstić information content (AvgIpc) is 2.40. The minimum atomic E-state index is 0.280. The summed E-state index contributed by atoms with van der Waals surface area (Å²) in [5.41, 5.74) is 4.20. The van der Waals surface area contributed by atoms with E-state index in [2.05, 4.69) is 11.4 Å². The van der Waals surface area contributed by atoms with Crippen molar-refractivity contribution in [1.29, 1.82) is 0 Å². The van der Waals surface area contributed by atoms with Gasteiger partial charge in [0, 0.05) is 23.4 Å². The van der Waals surface area contributed by atoms with Crippen LogP contribution in [-0.2, 0) is 6.42 Å². The molecule has 1 N–H and O–H groups in total. The van der Waals surface area contributed by atoms with Gasteiger partial charge in [-0.25, -0.2) is 0 Å². The van der Waals surface area contributed by atoms with Gasteiger partial charge in [0.15, 0.2) is 5.78 Å². The van der Waals surface area contributed by atoms with E-state index in [0.29, 0.717) is 6.42 Å². The van der Waals surface area contributed by atoms with Crippen LogP contribution in [0.3, 0.4) is 0 Å². The van der Waals surface area contributed by atoms with Crippen molar-refractivity contribution in [3.8, 4) is 0 Å². The number of para-hydroxylation sites is 1. The van der Waals surface area contributed by atoms with Crippen molar-refractivity contribution < 1.29 is 4.79 Å². The fraction of sp³-hybridized carbons (Fsp3) is 0.188. The zero-order chi connectivity index (χ0) is 12.4. The van der Waals surface area contributed by atoms with Crippen molar-refractivity contribution in [2.75, 3.05) is 5.32 Å². The highest BCUT2D eigenvalue weighted by atomic mass is 16.1. The second-order valence-corrected chi connectivity index (χ2v) is 4.64. The minimum absolute atomic E-state index is 0.280. The monoisotopic (exact) mass is 237 g/mol. The Balaban J connectivity index is 1.89. The molecule has 0 aromatic heterocycles. The van der Waals surface area contributed by atoms with E-state index < -0.39 is 0 Å². The molecule has 0 atom stereocenters. The van der Waals surface area contributed by atoms with Gasteiger partial charge in [0.1, 0.15) is 0 Å². The second kappa shape index (κ2) is 4.65. The quantitative estimate of drug-likeness (QED) is 0.856. The number of anilines is 2. The maximum Gasteiger partial charge on any atom is 0.163 e. The second-order valence-electron chi connectivity index (χ2n) is 4.64. The van der Waals surface area contributed by atoms with Crippen molar-refractivity contribution in [2.24, 2.45) is 0 Å². The normalized spacial score (nSPS) is 14.1. The Bertz CT molecular complexity index is 575. The molecule has 0 amide bonds. The molecule has 0 heterocycles. The predicted octanol–water partition coefficient (Wildman–Crippen LogP) is 3.95. The molecule has 18 heavy (non-hydrogen) atoms. The van der Waals surface area contributed by atoms with E-state index in [1.807, 2.05) is 42.5 Å². The zero-order valence-corrected chi connectivity index (χ0v) is 10.1. The van der Waals surface area contributed by atoms with Gasteiger partial charge in [0.2, 0.25) is 0 Å². The molecule has 2 nitrogen and oxygen atoms in total. The smallest absolute Gasteiger partial charge is 0.163 e. The molecule has 0 saturated heterocycles. The molecule has 2 aromatic rings. The lowest BCUT2D eigenvalue weighted by Gasteiger charge is -2.16. The first kappa shape index (κ1) is 11.0. The highest BCUT2D eigenvalue weighted by Gasteiger charge is 2.16. The first-order chi connectivity index (χ1) is 8.83. The molecule has 90 valence electrons. The van der Waals surface area contributed by atoms with Crippen molar-refractivity contribution in [1.82, 2.24) is 0 Å². The Hall–Kier alpha value is -2.09. The molecule has 0 fully saturated rings. The molecule has 2 aromatic carbocycles. The Morgan fingerprint density at radius 3 is 2.56 bits per heavy atom. The van der Waals surface area contributed by atoms with Crippen LogP contribution in [0, 0.1) is 0 Å². The number of benzene rings is 2. The van der Waals surface area contributed by atoms with Gasteiger partial charge in [-0.3, -0.25) is 4.79 Å². The van der Waals surface area contributed by atoms with Crippen LogP contribution < -0.4 is 5.32 Å². The maximum atomic E-state index is 11.7. The van der Waals surface area contributed by atoms with Gasteiger partial charge in [-0.2, -0.15) is 0 Å². The van der Waals surface area contributed by atoms with Gasteiger partial charge in [0.25, 0.3) is 0 Å². The summed E-state index contributed by atoms with van der Waals surface area (Å²) in [6, 6.07) is 16.1. The largest absolute Gasteiger partial charge is 0.356 e. The summed E-state index contributed by atoms with van der Waals surface area (Å²) in [5.74, 6) is 0.280. The van der Waals surface area contributed by atoms with E-state index in [4.69, 9.17) is 0 Å². The van der Waals surface area contributed by atoms with Crippen LogP contribution in [0.25, 0.3) is 0 Å². The highest BCUT2D eigenvalue weighted by Crippen LogP contribution is 2.25. The van der Waals surface area contributed by atoms with Crippen LogP contribution in [0.4, 0.5) is 11.4 Å². The van der Waals surface area contributed by atoms with Crippen LogP contribution in [-0.4, -0.2) is 5.78 Å². The summed E-state index contributed by atoms with van der Waals surface area (Å²) < 4.78 is 0. The lowest BCUT2D eigenvalue weighted by atomic mass is 9.90. The van der Waals surface area contributed by atoms with Gasteiger partial charge in [-0.05, 0) is 48.7 Å². The van der Waals surface area contributed by atoms with Gasteiger partial charge in [-0.15, -0.1) is 0 Å². The van der Waals surface area contributed by atoms with Crippen LogP contribution in [0.2, 0.25) is 0 Å². The maximum absolute atomic E-state index is 11.7. The number of nitrogens with one attached hydrogen (secondary N) is 1. The lowest BCUT2D eigenvalue weighted by molar-refractivity contribution is 0.0972. The first-order valence-electron chi connectivity index (χ1n) is 6.31. The molecule has 1 aliphatic carbocycles. The fourth-order valence-corrected chi connectivity index (χ4v) is 2.41. The molecule has 1 aliphatic rings. The third kappa shape index (κ3) is 2.14. The molecule has 0 saturated carbocycles. The summed E-state index contributed by atoms with van der Waals surface area (Å²) in [5, 5.41) is 3.36. The summed E-state index contributed by atoms with van der Waals surface area (Å²) >= 11 is 0. The zero-order valence-electron chi connectivity index (χ0n) is 10.1. The highest BCUT2D eigenvalue weighted by molar-refractivity contribution is 5.98. The van der Waals surface area contributed by atoms with E-state index in [0.717, 1.165) is 29.8 Å². The fourth-order valence-electron chi connectivity index (χ4n) is 2.41. The molecule has 0 aliphatic heterocycles. The van der Waals surface area contributed by atoms with E-state index in [1.54, 1.807) is 0 Å². The standard InChI is InChI=1S/C16H15NO/c18-16-8-4-5-12-11-14(9-10-15(12)16)17-13-6-2-1-3-7-13/h1-3,6-7,9-11,17H,4-5,8H2. The van der Waals surface area contributed by atoms with Crippen LogP contribution in [0.5, 0.6) is 0 Å². The summed E-state index contributed by atoms with van der Waals surface area (Å²) in [7, 11) is 0. The number of fused-ring (bicyclic) bond motifs is 1. The Morgan fingerprint density at radius 1 is 0.889 bits per heavy atom. The number of Topliss-reactive ketones (excluding diaryl/α,β-unsaturated/α-hetero) is 1. The SMILES string of the molecule is O=C1CCCc2cc(Nc3ccccc3)ccc21. The number of aryl methyl sites for hydroxylation is 1. The third-order valence-electron chi connectivity index (χ3n) is 3.32. The van der Waals surface area contributed by atoms with Crippen LogP contribution in [0.1, 0.15) is 28.8 Å². The van der Waals surface area contributed by atoms with Crippen molar-refractivity contribution in [3.05, 3.63) is 59.7 Å².